The van der Waals surface area contributed by atoms with E-state index < -0.39 is 17.8 Å². The summed E-state index contributed by atoms with van der Waals surface area (Å²) in [5.74, 6) is -1.29. The maximum atomic E-state index is 12.5. The highest BCUT2D eigenvalue weighted by Gasteiger charge is 2.24. The number of ketones is 1. The van der Waals surface area contributed by atoms with Crippen LogP contribution < -0.4 is 10.1 Å². The molecule has 1 unspecified atom stereocenters. The van der Waals surface area contributed by atoms with Crippen molar-refractivity contribution in [1.82, 2.24) is 5.32 Å². The maximum absolute atomic E-state index is 12.5. The number of carbonyl (C=O) groups is 3. The number of hydrogen-bond donors (Lipinski definition) is 1. The summed E-state index contributed by atoms with van der Waals surface area (Å²) in [5.41, 5.74) is 1.15. The van der Waals surface area contributed by atoms with Crippen LogP contribution in [0.25, 0.3) is 0 Å². The topological polar surface area (TPSA) is 81.7 Å². The zero-order valence-electron chi connectivity index (χ0n) is 14.7. The third kappa shape index (κ3) is 5.17. The van der Waals surface area contributed by atoms with Gasteiger partial charge in [-0.1, -0.05) is 30.3 Å². The highest BCUT2D eigenvalue weighted by Crippen LogP contribution is 2.19. The molecule has 136 valence electrons. The van der Waals surface area contributed by atoms with E-state index in [2.05, 4.69) is 5.32 Å². The molecule has 2 aromatic rings. The van der Waals surface area contributed by atoms with Crippen LogP contribution in [0.15, 0.2) is 54.6 Å². The zero-order valence-corrected chi connectivity index (χ0v) is 14.7. The lowest BCUT2D eigenvalue weighted by Crippen LogP contribution is -2.32. The average Bonchev–Trinajstić information content (AvgIpc) is 2.68. The molecule has 6 heteroatoms. The standard InChI is InChI=1S/C20H21NO5/c1-3-26-20(24)18(22)13-17(14-7-5-4-6-8-14)21-19(23)15-9-11-16(25-2)12-10-15/h4-12,17H,3,13H2,1-2H3,(H,21,23). The molecule has 1 N–H and O–H groups in total. The SMILES string of the molecule is CCOC(=O)C(=O)CC(NC(=O)c1ccc(OC)cc1)c1ccccc1. The molecule has 0 saturated carbocycles. The fourth-order valence-corrected chi connectivity index (χ4v) is 2.40. The van der Waals surface area contributed by atoms with Crippen molar-refractivity contribution in [3.63, 3.8) is 0 Å². The van der Waals surface area contributed by atoms with Crippen molar-refractivity contribution in [1.29, 1.82) is 0 Å². The molecule has 0 heterocycles. The summed E-state index contributed by atoms with van der Waals surface area (Å²) in [6.45, 7) is 1.75. The van der Waals surface area contributed by atoms with Gasteiger partial charge in [-0.2, -0.15) is 0 Å². The van der Waals surface area contributed by atoms with Crippen molar-refractivity contribution in [3.8, 4) is 5.75 Å². The quantitative estimate of drug-likeness (QED) is 0.582. The van der Waals surface area contributed by atoms with Gasteiger partial charge in [0.1, 0.15) is 5.75 Å². The first-order chi connectivity index (χ1) is 12.5. The van der Waals surface area contributed by atoms with E-state index in [1.54, 1.807) is 62.6 Å². The van der Waals surface area contributed by atoms with Crippen LogP contribution in [-0.2, 0) is 14.3 Å². The van der Waals surface area contributed by atoms with Crippen molar-refractivity contribution in [2.45, 2.75) is 19.4 Å². The van der Waals surface area contributed by atoms with E-state index in [9.17, 15) is 14.4 Å². The molecule has 0 aliphatic carbocycles. The summed E-state index contributed by atoms with van der Waals surface area (Å²) < 4.78 is 9.81. The first kappa shape index (κ1) is 19.2. The van der Waals surface area contributed by atoms with E-state index in [-0.39, 0.29) is 18.9 Å². The molecule has 0 spiro atoms. The van der Waals surface area contributed by atoms with Crippen LogP contribution in [0.2, 0.25) is 0 Å². The van der Waals surface area contributed by atoms with Gasteiger partial charge in [0, 0.05) is 12.0 Å². The number of hydrogen-bond acceptors (Lipinski definition) is 5. The minimum Gasteiger partial charge on any atom is -0.497 e. The molecule has 1 amide bonds. The summed E-state index contributed by atoms with van der Waals surface area (Å²) in [5, 5.41) is 2.81. The first-order valence-electron chi connectivity index (χ1n) is 8.25. The Hall–Kier alpha value is -3.15. The Morgan fingerprint density at radius 3 is 2.23 bits per heavy atom. The van der Waals surface area contributed by atoms with Gasteiger partial charge >= 0.3 is 5.97 Å². The molecule has 0 aromatic heterocycles. The molecule has 2 aromatic carbocycles. The Labute approximate surface area is 152 Å². The number of nitrogens with one attached hydrogen (secondary N) is 1. The van der Waals surface area contributed by atoms with Gasteiger partial charge in [0.15, 0.2) is 0 Å². The Balaban J connectivity index is 2.16. The van der Waals surface area contributed by atoms with Crippen molar-refractivity contribution in [2.75, 3.05) is 13.7 Å². The lowest BCUT2D eigenvalue weighted by atomic mass is 10.0. The number of ether oxygens (including phenoxy) is 2. The third-order valence-electron chi connectivity index (χ3n) is 3.75. The molecule has 1 atom stereocenters. The highest BCUT2D eigenvalue weighted by atomic mass is 16.5. The molecule has 0 radical (unpaired) electrons. The van der Waals surface area contributed by atoms with Gasteiger partial charge in [-0.25, -0.2) is 4.79 Å². The van der Waals surface area contributed by atoms with E-state index in [1.165, 1.54) is 0 Å². The summed E-state index contributed by atoms with van der Waals surface area (Å²) in [6, 6.07) is 15.0. The van der Waals surface area contributed by atoms with E-state index in [4.69, 9.17) is 9.47 Å². The van der Waals surface area contributed by atoms with Crippen LogP contribution in [0, 0.1) is 0 Å². The molecule has 2 rings (SSSR count). The van der Waals surface area contributed by atoms with Gasteiger partial charge in [0.05, 0.1) is 19.8 Å². The van der Waals surface area contributed by atoms with Crippen LogP contribution in [-0.4, -0.2) is 31.4 Å². The molecule has 0 fully saturated rings. The molecular formula is C20H21NO5. The number of rotatable bonds is 8. The van der Waals surface area contributed by atoms with E-state index in [0.29, 0.717) is 11.3 Å². The van der Waals surface area contributed by atoms with E-state index in [1.807, 2.05) is 6.07 Å². The van der Waals surface area contributed by atoms with Crippen molar-refractivity contribution in [2.24, 2.45) is 0 Å². The Morgan fingerprint density at radius 2 is 1.65 bits per heavy atom. The Bertz CT molecular complexity index is 756. The van der Waals surface area contributed by atoms with Crippen LogP contribution in [0.5, 0.6) is 5.75 Å². The predicted octanol–water partition coefficient (Wildman–Crippen LogP) is 2.69. The molecular weight excluding hydrogens is 334 g/mol. The summed E-state index contributed by atoms with van der Waals surface area (Å²) >= 11 is 0. The van der Waals surface area contributed by atoms with Gasteiger partial charge in [-0.05, 0) is 36.8 Å². The number of methoxy groups -OCH3 is 1. The molecule has 6 nitrogen and oxygen atoms in total. The predicted molar refractivity (Wildman–Crippen MR) is 95.9 cm³/mol. The molecule has 0 saturated heterocycles. The van der Waals surface area contributed by atoms with Crippen LogP contribution in [0.1, 0.15) is 35.3 Å². The van der Waals surface area contributed by atoms with E-state index in [0.717, 1.165) is 5.56 Å². The maximum Gasteiger partial charge on any atom is 0.374 e. The van der Waals surface area contributed by atoms with Gasteiger partial charge in [0.25, 0.3) is 5.91 Å². The van der Waals surface area contributed by atoms with E-state index >= 15 is 0 Å². The van der Waals surface area contributed by atoms with Gasteiger partial charge in [-0.3, -0.25) is 9.59 Å². The van der Waals surface area contributed by atoms with Gasteiger partial charge in [0.2, 0.25) is 5.78 Å². The number of benzene rings is 2. The summed E-state index contributed by atoms with van der Waals surface area (Å²) in [7, 11) is 1.54. The molecule has 0 aliphatic rings. The molecule has 0 bridgehead atoms. The smallest absolute Gasteiger partial charge is 0.374 e. The first-order valence-corrected chi connectivity index (χ1v) is 8.25. The van der Waals surface area contributed by atoms with Gasteiger partial charge < -0.3 is 14.8 Å². The fraction of sp³-hybridized carbons (Fsp3) is 0.250. The highest BCUT2D eigenvalue weighted by molar-refractivity contribution is 6.33. The Morgan fingerprint density at radius 1 is 1.00 bits per heavy atom. The van der Waals surface area contributed by atoms with Crippen LogP contribution >= 0.6 is 0 Å². The Kier molecular flexibility index (Phi) is 6.91. The van der Waals surface area contributed by atoms with Crippen molar-refractivity contribution < 1.29 is 23.9 Å². The second-order valence-corrected chi connectivity index (χ2v) is 5.51. The number of amides is 1. The van der Waals surface area contributed by atoms with Gasteiger partial charge in [-0.15, -0.1) is 0 Å². The summed E-state index contributed by atoms with van der Waals surface area (Å²) in [4.78, 5) is 36.2. The van der Waals surface area contributed by atoms with Crippen molar-refractivity contribution in [3.05, 3.63) is 65.7 Å². The average molecular weight is 355 g/mol. The second kappa shape index (κ2) is 9.36. The molecule has 0 aliphatic heterocycles. The zero-order chi connectivity index (χ0) is 18.9. The lowest BCUT2D eigenvalue weighted by Gasteiger charge is -2.18. The third-order valence-corrected chi connectivity index (χ3v) is 3.75. The number of Topliss-reactive ketones (excluding diaryl/α,β-unsaturated/α-hetero) is 1. The number of carbonyl (C=O) groups excluding carboxylic acids is 3. The van der Waals surface area contributed by atoms with Crippen molar-refractivity contribution >= 4 is 17.7 Å². The minimum absolute atomic E-state index is 0.124. The van der Waals surface area contributed by atoms with Crippen LogP contribution in [0.3, 0.4) is 0 Å². The normalized spacial score (nSPS) is 11.3. The number of esters is 1. The second-order valence-electron chi connectivity index (χ2n) is 5.51. The minimum atomic E-state index is -0.896. The monoisotopic (exact) mass is 355 g/mol. The lowest BCUT2D eigenvalue weighted by molar-refractivity contribution is -0.153. The molecule has 26 heavy (non-hydrogen) atoms. The fourth-order valence-electron chi connectivity index (χ4n) is 2.40. The largest absolute Gasteiger partial charge is 0.497 e. The summed E-state index contributed by atoms with van der Waals surface area (Å²) in [6.07, 6.45) is -0.176. The van der Waals surface area contributed by atoms with Crippen LogP contribution in [0.4, 0.5) is 0 Å².